The fourth-order valence-corrected chi connectivity index (χ4v) is 1.82. The van der Waals surface area contributed by atoms with Crippen LogP contribution in [0, 0.1) is 5.41 Å². The number of nitrogens with zero attached hydrogens (tertiary/aromatic N) is 2. The molecule has 0 aromatic carbocycles. The van der Waals surface area contributed by atoms with Gasteiger partial charge in [-0.2, -0.15) is 0 Å². The minimum Gasteiger partial charge on any atom is -0.379 e. The van der Waals surface area contributed by atoms with Gasteiger partial charge in [-0.25, -0.2) is 9.97 Å². The number of nitrogens with two attached hydrogens (primary N) is 1. The summed E-state index contributed by atoms with van der Waals surface area (Å²) in [5.41, 5.74) is 3.67. The van der Waals surface area contributed by atoms with Gasteiger partial charge >= 0.3 is 0 Å². The molecule has 0 aliphatic carbocycles. The highest BCUT2D eigenvalue weighted by Gasteiger charge is 2.33. The van der Waals surface area contributed by atoms with E-state index in [-0.39, 0.29) is 17.6 Å². The molecule has 0 aliphatic heterocycles. The van der Waals surface area contributed by atoms with E-state index in [0.717, 1.165) is 5.56 Å². The van der Waals surface area contributed by atoms with Crippen LogP contribution in [0.1, 0.15) is 32.4 Å². The van der Waals surface area contributed by atoms with Crippen LogP contribution >= 0.6 is 0 Å². The van der Waals surface area contributed by atoms with Gasteiger partial charge in [-0.1, -0.05) is 20.8 Å². The lowest BCUT2D eigenvalue weighted by Gasteiger charge is -2.35. The first kappa shape index (κ1) is 13.0. The van der Waals surface area contributed by atoms with Crippen LogP contribution in [0.5, 0.6) is 0 Å². The summed E-state index contributed by atoms with van der Waals surface area (Å²) >= 11 is 0. The second-order valence-electron chi connectivity index (χ2n) is 4.84. The molecule has 5 heteroatoms. The average Bonchev–Trinajstić information content (AvgIpc) is 2.25. The molecule has 2 atom stereocenters. The average molecular weight is 224 g/mol. The van der Waals surface area contributed by atoms with Crippen LogP contribution in [0.3, 0.4) is 0 Å². The normalized spacial score (nSPS) is 15.8. The Morgan fingerprint density at radius 1 is 1.31 bits per heavy atom. The van der Waals surface area contributed by atoms with Crippen molar-refractivity contribution < 1.29 is 4.74 Å². The highest BCUT2D eigenvalue weighted by Crippen LogP contribution is 2.31. The first-order chi connectivity index (χ1) is 7.50. The van der Waals surface area contributed by atoms with E-state index in [1.165, 1.54) is 6.33 Å². The van der Waals surface area contributed by atoms with E-state index in [1.54, 1.807) is 19.5 Å². The van der Waals surface area contributed by atoms with Crippen molar-refractivity contribution in [1.82, 2.24) is 15.4 Å². The molecule has 5 nitrogen and oxygen atoms in total. The van der Waals surface area contributed by atoms with Gasteiger partial charge in [-0.15, -0.1) is 0 Å². The van der Waals surface area contributed by atoms with Crippen molar-refractivity contribution >= 4 is 0 Å². The molecule has 16 heavy (non-hydrogen) atoms. The molecule has 1 aromatic heterocycles. The van der Waals surface area contributed by atoms with Gasteiger partial charge in [0, 0.05) is 25.1 Å². The summed E-state index contributed by atoms with van der Waals surface area (Å²) < 4.78 is 5.52. The zero-order valence-corrected chi connectivity index (χ0v) is 10.3. The number of rotatable bonds is 4. The maximum atomic E-state index is 5.59. The van der Waals surface area contributed by atoms with Crippen LogP contribution in [-0.2, 0) is 4.74 Å². The number of ether oxygens (including phenoxy) is 1. The Morgan fingerprint density at radius 3 is 2.25 bits per heavy atom. The standard InChI is InChI=1S/C11H20N4O/c1-11(2,3)10(16-4)9(15-12)8-5-13-7-14-6-8/h5-7,9-10,15H,12H2,1-4H3. The van der Waals surface area contributed by atoms with Gasteiger partial charge in [0.2, 0.25) is 0 Å². The Balaban J connectivity index is 2.97. The van der Waals surface area contributed by atoms with E-state index >= 15 is 0 Å². The van der Waals surface area contributed by atoms with Gasteiger partial charge in [0.05, 0.1) is 12.1 Å². The molecule has 1 heterocycles. The molecule has 90 valence electrons. The van der Waals surface area contributed by atoms with Crippen molar-refractivity contribution in [3.63, 3.8) is 0 Å². The Bertz CT molecular complexity index is 310. The first-order valence-electron chi connectivity index (χ1n) is 5.24. The SMILES string of the molecule is COC(C(NN)c1cncnc1)C(C)(C)C. The van der Waals surface area contributed by atoms with Crippen molar-refractivity contribution in [2.24, 2.45) is 11.3 Å². The third kappa shape index (κ3) is 2.98. The Kier molecular flexibility index (Phi) is 4.35. The van der Waals surface area contributed by atoms with Crippen molar-refractivity contribution in [2.75, 3.05) is 7.11 Å². The molecule has 1 rings (SSSR count). The van der Waals surface area contributed by atoms with E-state index in [1.807, 2.05) is 0 Å². The Morgan fingerprint density at radius 2 is 1.88 bits per heavy atom. The summed E-state index contributed by atoms with van der Waals surface area (Å²) in [4.78, 5) is 7.98. The zero-order valence-electron chi connectivity index (χ0n) is 10.3. The topological polar surface area (TPSA) is 73.1 Å². The molecule has 0 radical (unpaired) electrons. The largest absolute Gasteiger partial charge is 0.379 e. The van der Waals surface area contributed by atoms with Gasteiger partial charge in [0.25, 0.3) is 0 Å². The predicted molar refractivity (Wildman–Crippen MR) is 62.3 cm³/mol. The van der Waals surface area contributed by atoms with Crippen molar-refractivity contribution in [3.05, 3.63) is 24.3 Å². The lowest BCUT2D eigenvalue weighted by Crippen LogP contribution is -2.44. The van der Waals surface area contributed by atoms with Crippen molar-refractivity contribution in [1.29, 1.82) is 0 Å². The first-order valence-corrected chi connectivity index (χ1v) is 5.24. The summed E-state index contributed by atoms with van der Waals surface area (Å²) in [6.07, 6.45) is 4.93. The maximum Gasteiger partial charge on any atom is 0.115 e. The molecule has 0 amide bonds. The molecule has 2 unspecified atom stereocenters. The van der Waals surface area contributed by atoms with E-state index in [2.05, 4.69) is 36.2 Å². The number of hydrogen-bond acceptors (Lipinski definition) is 5. The summed E-state index contributed by atoms with van der Waals surface area (Å²) in [5.74, 6) is 5.59. The third-order valence-corrected chi connectivity index (χ3v) is 2.53. The predicted octanol–water partition coefficient (Wildman–Crippen LogP) is 1.04. The highest BCUT2D eigenvalue weighted by atomic mass is 16.5. The Hall–Kier alpha value is -1.04. The summed E-state index contributed by atoms with van der Waals surface area (Å²) in [7, 11) is 1.68. The lowest BCUT2D eigenvalue weighted by molar-refractivity contribution is -0.0121. The van der Waals surface area contributed by atoms with Crippen LogP contribution in [0.4, 0.5) is 0 Å². The summed E-state index contributed by atoms with van der Waals surface area (Å²) in [6.45, 7) is 6.32. The van der Waals surface area contributed by atoms with Crippen LogP contribution in [0.2, 0.25) is 0 Å². The minimum atomic E-state index is -0.119. The van der Waals surface area contributed by atoms with Gasteiger partial charge < -0.3 is 4.74 Å². The van der Waals surface area contributed by atoms with Crippen LogP contribution < -0.4 is 11.3 Å². The molecule has 0 spiro atoms. The van der Waals surface area contributed by atoms with Crippen LogP contribution in [-0.4, -0.2) is 23.2 Å². The second kappa shape index (κ2) is 5.34. The molecular formula is C11H20N4O. The summed E-state index contributed by atoms with van der Waals surface area (Å²) in [5, 5.41) is 0. The molecule has 0 saturated carbocycles. The monoisotopic (exact) mass is 224 g/mol. The van der Waals surface area contributed by atoms with Gasteiger partial charge in [0.1, 0.15) is 6.33 Å². The molecule has 0 fully saturated rings. The van der Waals surface area contributed by atoms with Gasteiger partial charge in [0.15, 0.2) is 0 Å². The fraction of sp³-hybridized carbons (Fsp3) is 0.636. The van der Waals surface area contributed by atoms with Gasteiger partial charge in [-0.3, -0.25) is 11.3 Å². The minimum absolute atomic E-state index is 0.0262. The molecule has 0 aliphatic rings. The zero-order chi connectivity index (χ0) is 12.2. The van der Waals surface area contributed by atoms with Crippen LogP contribution in [0.25, 0.3) is 0 Å². The third-order valence-electron chi connectivity index (χ3n) is 2.53. The smallest absolute Gasteiger partial charge is 0.115 e. The molecule has 0 saturated heterocycles. The summed E-state index contributed by atoms with van der Waals surface area (Å²) in [6, 6.07) is -0.119. The van der Waals surface area contributed by atoms with Crippen molar-refractivity contribution in [2.45, 2.75) is 32.9 Å². The highest BCUT2D eigenvalue weighted by molar-refractivity contribution is 5.12. The quantitative estimate of drug-likeness (QED) is 0.590. The number of aromatic nitrogens is 2. The lowest BCUT2D eigenvalue weighted by atomic mass is 9.83. The number of methoxy groups -OCH3 is 1. The molecule has 1 aromatic rings. The van der Waals surface area contributed by atoms with E-state index in [9.17, 15) is 0 Å². The second-order valence-corrected chi connectivity index (χ2v) is 4.84. The van der Waals surface area contributed by atoms with Gasteiger partial charge in [-0.05, 0) is 5.41 Å². The van der Waals surface area contributed by atoms with E-state index in [4.69, 9.17) is 10.6 Å². The molecular weight excluding hydrogens is 204 g/mol. The maximum absolute atomic E-state index is 5.59. The van der Waals surface area contributed by atoms with E-state index < -0.39 is 0 Å². The Labute approximate surface area is 96.4 Å². The molecule has 0 bridgehead atoms. The van der Waals surface area contributed by atoms with E-state index in [0.29, 0.717) is 0 Å². The number of hydrogen-bond donors (Lipinski definition) is 2. The van der Waals surface area contributed by atoms with Crippen molar-refractivity contribution in [3.8, 4) is 0 Å². The fourth-order valence-electron chi connectivity index (χ4n) is 1.82. The number of nitrogens with one attached hydrogen (secondary N) is 1. The number of hydrazine groups is 1. The molecule has 3 N–H and O–H groups in total. The van der Waals surface area contributed by atoms with Crippen LogP contribution in [0.15, 0.2) is 18.7 Å².